The molecule has 1 aliphatic rings. The molecule has 1 heterocycles. The first kappa shape index (κ1) is 14.0. The van der Waals surface area contributed by atoms with Crippen LogP contribution in [0.25, 0.3) is 0 Å². The lowest BCUT2D eigenvalue weighted by Gasteiger charge is -2.36. The molecule has 1 saturated heterocycles. The highest BCUT2D eigenvalue weighted by Crippen LogP contribution is 2.13. The fourth-order valence-corrected chi connectivity index (χ4v) is 2.50. The van der Waals surface area contributed by atoms with Crippen molar-refractivity contribution in [3.8, 4) is 6.07 Å². The van der Waals surface area contributed by atoms with Gasteiger partial charge in [-0.15, -0.1) is 0 Å². The monoisotopic (exact) mass is 261 g/mol. The third-order valence-corrected chi connectivity index (χ3v) is 3.63. The summed E-state index contributed by atoms with van der Waals surface area (Å²) in [5.41, 5.74) is 1.28. The van der Waals surface area contributed by atoms with Crippen molar-refractivity contribution in [3.63, 3.8) is 0 Å². The van der Waals surface area contributed by atoms with E-state index >= 15 is 0 Å². The average molecular weight is 261 g/mol. The van der Waals surface area contributed by atoms with Gasteiger partial charge in [0.05, 0.1) is 11.6 Å². The highest BCUT2D eigenvalue weighted by molar-refractivity contribution is 5.33. The number of hydrogen-bond donors (Lipinski definition) is 0. The van der Waals surface area contributed by atoms with E-state index in [1.165, 1.54) is 12.1 Å². The second-order valence-electron chi connectivity index (χ2n) is 5.37. The number of nitriles is 1. The van der Waals surface area contributed by atoms with Crippen LogP contribution in [0.1, 0.15) is 25.0 Å². The van der Waals surface area contributed by atoms with Gasteiger partial charge in [-0.25, -0.2) is 4.39 Å². The Balaban J connectivity index is 1.96. The standard InChI is InChI=1S/C15H20FN3/c1-12(2)19-5-3-18(4-6-19)11-14-7-13(10-17)8-15(16)9-14/h7-9,12H,3-6,11H2,1-2H3. The number of nitrogens with zero attached hydrogens (tertiary/aromatic N) is 3. The molecule has 102 valence electrons. The Bertz CT molecular complexity index is 471. The first-order chi connectivity index (χ1) is 9.08. The van der Waals surface area contributed by atoms with Crippen molar-refractivity contribution in [2.24, 2.45) is 0 Å². The first-order valence-corrected chi connectivity index (χ1v) is 6.74. The third kappa shape index (κ3) is 3.76. The maximum absolute atomic E-state index is 13.4. The number of halogens is 1. The summed E-state index contributed by atoms with van der Waals surface area (Å²) >= 11 is 0. The van der Waals surface area contributed by atoms with Gasteiger partial charge < -0.3 is 0 Å². The first-order valence-electron chi connectivity index (χ1n) is 6.74. The van der Waals surface area contributed by atoms with Gasteiger partial charge in [-0.05, 0) is 37.6 Å². The summed E-state index contributed by atoms with van der Waals surface area (Å²) in [6.45, 7) is 9.24. The van der Waals surface area contributed by atoms with Crippen molar-refractivity contribution >= 4 is 0 Å². The Morgan fingerprint density at radius 3 is 2.47 bits per heavy atom. The molecule has 0 radical (unpaired) electrons. The average Bonchev–Trinajstić information content (AvgIpc) is 2.38. The summed E-state index contributed by atoms with van der Waals surface area (Å²) in [5, 5.41) is 8.85. The molecule has 0 amide bonds. The van der Waals surface area contributed by atoms with E-state index in [4.69, 9.17) is 5.26 Å². The molecule has 1 fully saturated rings. The lowest BCUT2D eigenvalue weighted by molar-refractivity contribution is 0.104. The van der Waals surface area contributed by atoms with E-state index in [1.54, 1.807) is 6.07 Å². The Labute approximate surface area is 114 Å². The molecule has 0 spiro atoms. The van der Waals surface area contributed by atoms with Crippen LogP contribution >= 0.6 is 0 Å². The van der Waals surface area contributed by atoms with Crippen LogP contribution < -0.4 is 0 Å². The van der Waals surface area contributed by atoms with Gasteiger partial charge in [-0.1, -0.05) is 0 Å². The normalized spacial score (nSPS) is 17.6. The van der Waals surface area contributed by atoms with Crippen molar-refractivity contribution in [1.29, 1.82) is 5.26 Å². The van der Waals surface area contributed by atoms with Crippen molar-refractivity contribution < 1.29 is 4.39 Å². The van der Waals surface area contributed by atoms with Crippen LogP contribution in [0.15, 0.2) is 18.2 Å². The van der Waals surface area contributed by atoms with E-state index in [0.29, 0.717) is 11.6 Å². The molecule has 0 bridgehead atoms. The predicted molar refractivity (Wildman–Crippen MR) is 73.1 cm³/mol. The minimum absolute atomic E-state index is 0.324. The molecular weight excluding hydrogens is 241 g/mol. The van der Waals surface area contributed by atoms with Gasteiger partial charge >= 0.3 is 0 Å². The molecule has 0 unspecified atom stereocenters. The number of piperazine rings is 1. The molecule has 0 saturated carbocycles. The van der Waals surface area contributed by atoms with Crippen LogP contribution in [0.2, 0.25) is 0 Å². The lowest BCUT2D eigenvalue weighted by atomic mass is 10.1. The van der Waals surface area contributed by atoms with Crippen LogP contribution in [-0.4, -0.2) is 42.0 Å². The minimum atomic E-state index is -0.324. The summed E-state index contributed by atoms with van der Waals surface area (Å²) in [6, 6.07) is 7.16. The summed E-state index contributed by atoms with van der Waals surface area (Å²) in [5.74, 6) is -0.324. The second kappa shape index (κ2) is 6.14. The maximum Gasteiger partial charge on any atom is 0.124 e. The molecule has 3 nitrogen and oxygen atoms in total. The van der Waals surface area contributed by atoms with E-state index in [-0.39, 0.29) is 5.82 Å². The van der Waals surface area contributed by atoms with Gasteiger partial charge in [-0.3, -0.25) is 9.80 Å². The molecular formula is C15H20FN3. The summed E-state index contributed by atoms with van der Waals surface area (Å²) in [7, 11) is 0. The van der Waals surface area contributed by atoms with Crippen molar-refractivity contribution in [3.05, 3.63) is 35.1 Å². The van der Waals surface area contributed by atoms with Crippen LogP contribution in [0.5, 0.6) is 0 Å². The summed E-state index contributed by atoms with van der Waals surface area (Å²) in [4.78, 5) is 4.76. The SMILES string of the molecule is CC(C)N1CCN(Cc2cc(F)cc(C#N)c2)CC1. The molecule has 19 heavy (non-hydrogen) atoms. The Morgan fingerprint density at radius 1 is 1.21 bits per heavy atom. The molecule has 0 atom stereocenters. The molecule has 1 aliphatic heterocycles. The molecule has 0 aliphatic carbocycles. The molecule has 2 rings (SSSR count). The van der Waals surface area contributed by atoms with Gasteiger partial charge in [0, 0.05) is 38.8 Å². The van der Waals surface area contributed by atoms with Gasteiger partial charge in [0.1, 0.15) is 5.82 Å². The van der Waals surface area contributed by atoms with E-state index in [2.05, 4.69) is 23.6 Å². The maximum atomic E-state index is 13.4. The molecule has 1 aromatic rings. The highest BCUT2D eigenvalue weighted by atomic mass is 19.1. The van der Waals surface area contributed by atoms with E-state index in [9.17, 15) is 4.39 Å². The van der Waals surface area contributed by atoms with Crippen molar-refractivity contribution in [1.82, 2.24) is 9.80 Å². The molecule has 0 aromatic heterocycles. The highest BCUT2D eigenvalue weighted by Gasteiger charge is 2.18. The Kier molecular flexibility index (Phi) is 4.52. The third-order valence-electron chi connectivity index (χ3n) is 3.63. The van der Waals surface area contributed by atoms with Crippen LogP contribution in [0.4, 0.5) is 4.39 Å². The Morgan fingerprint density at radius 2 is 1.89 bits per heavy atom. The smallest absolute Gasteiger partial charge is 0.124 e. The zero-order chi connectivity index (χ0) is 13.8. The number of rotatable bonds is 3. The van der Waals surface area contributed by atoms with Crippen molar-refractivity contribution in [2.45, 2.75) is 26.4 Å². The summed E-state index contributed by atoms with van der Waals surface area (Å²) in [6.07, 6.45) is 0. The van der Waals surface area contributed by atoms with E-state index in [0.717, 1.165) is 38.3 Å². The number of hydrogen-bond acceptors (Lipinski definition) is 3. The zero-order valence-corrected chi connectivity index (χ0v) is 11.6. The van der Waals surface area contributed by atoms with Gasteiger partial charge in [0.25, 0.3) is 0 Å². The molecule has 1 aromatic carbocycles. The van der Waals surface area contributed by atoms with Crippen molar-refractivity contribution in [2.75, 3.05) is 26.2 Å². The largest absolute Gasteiger partial charge is 0.298 e. The van der Waals surface area contributed by atoms with Gasteiger partial charge in [-0.2, -0.15) is 5.26 Å². The van der Waals surface area contributed by atoms with Crippen LogP contribution in [-0.2, 0) is 6.54 Å². The van der Waals surface area contributed by atoms with Gasteiger partial charge in [0.2, 0.25) is 0 Å². The fraction of sp³-hybridized carbons (Fsp3) is 0.533. The molecule has 4 heteroatoms. The minimum Gasteiger partial charge on any atom is -0.298 e. The number of benzene rings is 1. The van der Waals surface area contributed by atoms with Crippen LogP contribution in [0.3, 0.4) is 0 Å². The quantitative estimate of drug-likeness (QED) is 0.836. The van der Waals surface area contributed by atoms with Gasteiger partial charge in [0.15, 0.2) is 0 Å². The molecule has 0 N–H and O–H groups in total. The Hall–Kier alpha value is -1.44. The lowest BCUT2D eigenvalue weighted by Crippen LogP contribution is -2.48. The predicted octanol–water partition coefficient (Wildman–Crippen LogP) is 2.22. The summed E-state index contributed by atoms with van der Waals surface area (Å²) < 4.78 is 13.4. The van der Waals surface area contributed by atoms with E-state index in [1.807, 2.05) is 6.07 Å². The zero-order valence-electron chi connectivity index (χ0n) is 11.6. The fourth-order valence-electron chi connectivity index (χ4n) is 2.50. The second-order valence-corrected chi connectivity index (χ2v) is 5.37. The van der Waals surface area contributed by atoms with E-state index < -0.39 is 0 Å². The van der Waals surface area contributed by atoms with Crippen LogP contribution in [0, 0.1) is 17.1 Å². The topological polar surface area (TPSA) is 30.3 Å².